The van der Waals surface area contributed by atoms with Crippen LogP contribution in [-0.4, -0.2) is 21.4 Å². The number of rotatable bonds is 5. The Morgan fingerprint density at radius 1 is 1.52 bits per heavy atom. The van der Waals surface area contributed by atoms with Gasteiger partial charge in [0.2, 0.25) is 0 Å². The van der Waals surface area contributed by atoms with Crippen LogP contribution in [0.4, 0.5) is 11.4 Å². The standard InChI is InChI=1S/C14H16N4O3/c1-8(9-2-3-9)6-15-12-5-11-10(4-13(12)18(20)21)14(19)17-7-16-11/h4-5,7-9,15H,2-3,6H2,1H3,(H,16,17,19). The highest BCUT2D eigenvalue weighted by Gasteiger charge is 2.28. The molecule has 2 aromatic rings. The van der Waals surface area contributed by atoms with Crippen LogP contribution in [-0.2, 0) is 0 Å². The molecular formula is C14H16N4O3. The number of fused-ring (bicyclic) bond motifs is 1. The minimum Gasteiger partial charge on any atom is -0.379 e. The van der Waals surface area contributed by atoms with E-state index in [2.05, 4.69) is 22.2 Å². The zero-order valence-electron chi connectivity index (χ0n) is 11.6. The van der Waals surface area contributed by atoms with Crippen LogP contribution < -0.4 is 10.9 Å². The van der Waals surface area contributed by atoms with Crippen LogP contribution in [0.25, 0.3) is 10.9 Å². The summed E-state index contributed by atoms with van der Waals surface area (Å²) in [5.41, 5.74) is 0.397. The van der Waals surface area contributed by atoms with Gasteiger partial charge < -0.3 is 10.3 Å². The molecule has 1 atom stereocenters. The molecule has 7 nitrogen and oxygen atoms in total. The molecule has 0 bridgehead atoms. The summed E-state index contributed by atoms with van der Waals surface area (Å²) >= 11 is 0. The monoisotopic (exact) mass is 288 g/mol. The van der Waals surface area contributed by atoms with Crippen LogP contribution in [0.1, 0.15) is 19.8 Å². The Labute approximate surface area is 120 Å². The highest BCUT2D eigenvalue weighted by Crippen LogP contribution is 2.37. The first-order valence-electron chi connectivity index (χ1n) is 6.96. The summed E-state index contributed by atoms with van der Waals surface area (Å²) in [5.74, 6) is 1.20. The number of nitro groups is 1. The molecule has 110 valence electrons. The van der Waals surface area contributed by atoms with E-state index in [-0.39, 0.29) is 16.6 Å². The van der Waals surface area contributed by atoms with Crippen molar-refractivity contribution in [3.05, 3.63) is 38.9 Å². The van der Waals surface area contributed by atoms with Crippen molar-refractivity contribution in [1.82, 2.24) is 9.97 Å². The predicted molar refractivity (Wildman–Crippen MR) is 79.4 cm³/mol. The normalized spacial score (nSPS) is 15.9. The van der Waals surface area contributed by atoms with Gasteiger partial charge >= 0.3 is 0 Å². The van der Waals surface area contributed by atoms with Crippen molar-refractivity contribution < 1.29 is 4.92 Å². The number of nitro benzene ring substituents is 1. The Morgan fingerprint density at radius 3 is 2.95 bits per heavy atom. The van der Waals surface area contributed by atoms with E-state index in [0.717, 1.165) is 5.92 Å². The van der Waals surface area contributed by atoms with E-state index in [1.54, 1.807) is 6.07 Å². The van der Waals surface area contributed by atoms with Gasteiger partial charge in [0.1, 0.15) is 5.69 Å². The lowest BCUT2D eigenvalue weighted by molar-refractivity contribution is -0.383. The second-order valence-corrected chi connectivity index (χ2v) is 5.57. The Hall–Kier alpha value is -2.44. The fraction of sp³-hybridized carbons (Fsp3) is 0.429. The third-order valence-electron chi connectivity index (χ3n) is 4.00. The van der Waals surface area contributed by atoms with E-state index in [9.17, 15) is 14.9 Å². The van der Waals surface area contributed by atoms with E-state index in [0.29, 0.717) is 23.7 Å². The first-order chi connectivity index (χ1) is 10.1. The van der Waals surface area contributed by atoms with Gasteiger partial charge in [0.05, 0.1) is 22.2 Å². The first-order valence-corrected chi connectivity index (χ1v) is 6.96. The molecule has 1 aliphatic carbocycles. The molecule has 1 unspecified atom stereocenters. The number of hydrogen-bond donors (Lipinski definition) is 2. The maximum atomic E-state index is 11.7. The summed E-state index contributed by atoms with van der Waals surface area (Å²) in [6.45, 7) is 2.82. The molecule has 0 saturated heterocycles. The van der Waals surface area contributed by atoms with Crippen molar-refractivity contribution in [2.24, 2.45) is 11.8 Å². The molecule has 21 heavy (non-hydrogen) atoms. The minimum absolute atomic E-state index is 0.0935. The summed E-state index contributed by atoms with van der Waals surface area (Å²) in [6.07, 6.45) is 3.77. The van der Waals surface area contributed by atoms with E-state index in [4.69, 9.17) is 0 Å². The molecule has 3 rings (SSSR count). The second-order valence-electron chi connectivity index (χ2n) is 5.57. The zero-order chi connectivity index (χ0) is 15.0. The lowest BCUT2D eigenvalue weighted by Gasteiger charge is -2.13. The van der Waals surface area contributed by atoms with Gasteiger partial charge in [-0.2, -0.15) is 0 Å². The summed E-state index contributed by atoms with van der Waals surface area (Å²) in [5, 5.41) is 14.6. The van der Waals surface area contributed by atoms with E-state index < -0.39 is 4.92 Å². The lowest BCUT2D eigenvalue weighted by atomic mass is 10.1. The number of H-pyrrole nitrogens is 1. The molecule has 1 saturated carbocycles. The molecule has 1 fully saturated rings. The summed E-state index contributed by atoms with van der Waals surface area (Å²) < 4.78 is 0. The molecule has 0 amide bonds. The molecule has 1 aliphatic rings. The maximum absolute atomic E-state index is 11.7. The van der Waals surface area contributed by atoms with Crippen molar-refractivity contribution in [3.8, 4) is 0 Å². The van der Waals surface area contributed by atoms with Crippen molar-refractivity contribution in [1.29, 1.82) is 0 Å². The average Bonchev–Trinajstić information content (AvgIpc) is 3.28. The van der Waals surface area contributed by atoms with Crippen molar-refractivity contribution in [3.63, 3.8) is 0 Å². The second kappa shape index (κ2) is 5.16. The van der Waals surface area contributed by atoms with Crippen molar-refractivity contribution in [2.75, 3.05) is 11.9 Å². The predicted octanol–water partition coefficient (Wildman–Crippen LogP) is 2.29. The fourth-order valence-electron chi connectivity index (χ4n) is 2.50. The molecule has 0 spiro atoms. The van der Waals surface area contributed by atoms with E-state index in [1.807, 2.05) is 0 Å². The lowest BCUT2D eigenvalue weighted by Crippen LogP contribution is -2.14. The molecule has 2 N–H and O–H groups in total. The van der Waals surface area contributed by atoms with Crippen LogP contribution in [0.3, 0.4) is 0 Å². The van der Waals surface area contributed by atoms with Gasteiger partial charge in [-0.05, 0) is 30.7 Å². The van der Waals surface area contributed by atoms with Gasteiger partial charge in [-0.25, -0.2) is 4.98 Å². The third-order valence-corrected chi connectivity index (χ3v) is 4.00. The summed E-state index contributed by atoms with van der Waals surface area (Å²) in [4.78, 5) is 28.9. The molecule has 1 heterocycles. The quantitative estimate of drug-likeness (QED) is 0.649. The highest BCUT2D eigenvalue weighted by atomic mass is 16.6. The largest absolute Gasteiger partial charge is 0.379 e. The topological polar surface area (TPSA) is 101 Å². The van der Waals surface area contributed by atoms with Gasteiger partial charge in [-0.15, -0.1) is 0 Å². The smallest absolute Gasteiger partial charge is 0.293 e. The zero-order valence-corrected chi connectivity index (χ0v) is 11.6. The minimum atomic E-state index is -0.476. The molecule has 1 aromatic heterocycles. The Morgan fingerprint density at radius 2 is 2.29 bits per heavy atom. The number of benzene rings is 1. The Bertz CT molecular complexity index is 751. The maximum Gasteiger partial charge on any atom is 0.293 e. The first kappa shape index (κ1) is 13.5. The van der Waals surface area contributed by atoms with Gasteiger partial charge in [0.15, 0.2) is 0 Å². The van der Waals surface area contributed by atoms with Crippen LogP contribution >= 0.6 is 0 Å². The Kier molecular flexibility index (Phi) is 3.32. The fourth-order valence-corrected chi connectivity index (χ4v) is 2.50. The SMILES string of the molecule is CC(CNc1cc2nc[nH]c(=O)c2cc1[N+](=O)[O-])C1CC1. The number of anilines is 1. The van der Waals surface area contributed by atoms with Gasteiger partial charge in [0.25, 0.3) is 11.2 Å². The van der Waals surface area contributed by atoms with Crippen LogP contribution in [0.15, 0.2) is 23.3 Å². The van der Waals surface area contributed by atoms with Crippen LogP contribution in [0.2, 0.25) is 0 Å². The number of aromatic amines is 1. The molecule has 0 radical (unpaired) electrons. The number of aromatic nitrogens is 2. The van der Waals surface area contributed by atoms with Crippen LogP contribution in [0.5, 0.6) is 0 Å². The van der Waals surface area contributed by atoms with Crippen molar-refractivity contribution >= 4 is 22.3 Å². The average molecular weight is 288 g/mol. The van der Waals surface area contributed by atoms with E-state index >= 15 is 0 Å². The van der Waals surface area contributed by atoms with E-state index in [1.165, 1.54) is 25.2 Å². The van der Waals surface area contributed by atoms with Gasteiger partial charge in [-0.1, -0.05) is 6.92 Å². The summed E-state index contributed by atoms with van der Waals surface area (Å²) in [6, 6.07) is 2.85. The van der Waals surface area contributed by atoms with Crippen molar-refractivity contribution in [2.45, 2.75) is 19.8 Å². The molecule has 1 aromatic carbocycles. The molecular weight excluding hydrogens is 272 g/mol. The third kappa shape index (κ3) is 2.72. The Balaban J connectivity index is 1.96. The molecule has 0 aliphatic heterocycles. The summed E-state index contributed by atoms with van der Waals surface area (Å²) in [7, 11) is 0. The van der Waals surface area contributed by atoms with Crippen LogP contribution in [0, 0.1) is 22.0 Å². The van der Waals surface area contributed by atoms with Gasteiger partial charge in [0, 0.05) is 12.6 Å². The van der Waals surface area contributed by atoms with Gasteiger partial charge in [-0.3, -0.25) is 14.9 Å². The highest BCUT2D eigenvalue weighted by molar-refractivity contribution is 5.86. The number of nitrogens with one attached hydrogen (secondary N) is 2. The molecule has 7 heteroatoms. The number of hydrogen-bond acceptors (Lipinski definition) is 5. The number of nitrogens with zero attached hydrogens (tertiary/aromatic N) is 2.